The van der Waals surface area contributed by atoms with Gasteiger partial charge in [0.15, 0.2) is 5.96 Å². The first-order chi connectivity index (χ1) is 14.8. The third kappa shape index (κ3) is 8.57. The van der Waals surface area contributed by atoms with Crippen LogP contribution in [0.3, 0.4) is 0 Å². The van der Waals surface area contributed by atoms with Gasteiger partial charge in [-0.25, -0.2) is 0 Å². The predicted molar refractivity (Wildman–Crippen MR) is 135 cm³/mol. The summed E-state index contributed by atoms with van der Waals surface area (Å²) < 4.78 is 11.1. The number of guanidine groups is 1. The van der Waals surface area contributed by atoms with E-state index >= 15 is 0 Å². The highest BCUT2D eigenvalue weighted by molar-refractivity contribution is 14.0. The second-order valence-corrected chi connectivity index (χ2v) is 7.87. The summed E-state index contributed by atoms with van der Waals surface area (Å²) in [5.41, 5.74) is 2.34. The molecule has 0 saturated carbocycles. The van der Waals surface area contributed by atoms with Crippen molar-refractivity contribution in [3.8, 4) is 0 Å². The van der Waals surface area contributed by atoms with Gasteiger partial charge in [0.25, 0.3) is 0 Å². The highest BCUT2D eigenvalue weighted by Crippen LogP contribution is 2.28. The van der Waals surface area contributed by atoms with Crippen LogP contribution >= 0.6 is 24.0 Å². The molecule has 0 spiro atoms. The van der Waals surface area contributed by atoms with Crippen LogP contribution in [0.15, 0.2) is 29.3 Å². The maximum absolute atomic E-state index is 12.6. The number of amides is 1. The Kier molecular flexibility index (Phi) is 12.2. The molecule has 31 heavy (non-hydrogen) atoms. The van der Waals surface area contributed by atoms with E-state index in [1.807, 2.05) is 23.1 Å². The molecule has 0 aromatic heterocycles. The van der Waals surface area contributed by atoms with Gasteiger partial charge in [-0.2, -0.15) is 0 Å². The Morgan fingerprint density at radius 1 is 1.29 bits per heavy atom. The number of nitrogens with zero attached hydrogens (tertiary/aromatic N) is 2. The largest absolute Gasteiger partial charge is 0.381 e. The van der Waals surface area contributed by atoms with Crippen molar-refractivity contribution in [2.75, 3.05) is 57.5 Å². The highest BCUT2D eigenvalue weighted by Gasteiger charge is 2.23. The van der Waals surface area contributed by atoms with Crippen molar-refractivity contribution in [1.29, 1.82) is 0 Å². The van der Waals surface area contributed by atoms with E-state index in [4.69, 9.17) is 9.47 Å². The normalized spacial score (nSPS) is 17.9. The minimum absolute atomic E-state index is 0. The first kappa shape index (κ1) is 25.9. The van der Waals surface area contributed by atoms with E-state index in [9.17, 15) is 4.79 Å². The SMILES string of the molecule is CCNC(=NCCCC(=O)N1CCc2ccccc21)NCCCOCC1CCOC1.I. The molecule has 2 aliphatic heterocycles. The lowest BCUT2D eigenvalue weighted by molar-refractivity contribution is -0.118. The van der Waals surface area contributed by atoms with E-state index in [0.717, 1.165) is 83.4 Å². The first-order valence-corrected chi connectivity index (χ1v) is 11.3. The fraction of sp³-hybridized carbons (Fsp3) is 0.652. The molecular formula is C23H37IN4O3. The van der Waals surface area contributed by atoms with Gasteiger partial charge in [0, 0.05) is 57.4 Å². The number of aliphatic imine (C=N–C) groups is 1. The van der Waals surface area contributed by atoms with Gasteiger partial charge in [0.2, 0.25) is 5.91 Å². The Morgan fingerprint density at radius 3 is 2.97 bits per heavy atom. The molecule has 8 heteroatoms. The minimum Gasteiger partial charge on any atom is -0.381 e. The number of carbonyl (C=O) groups excluding carboxylic acids is 1. The van der Waals surface area contributed by atoms with Crippen LogP contribution in [0.4, 0.5) is 5.69 Å². The number of hydrogen-bond acceptors (Lipinski definition) is 4. The molecule has 2 aliphatic rings. The Balaban J connectivity index is 0.00000341. The molecule has 1 unspecified atom stereocenters. The standard InChI is InChI=1S/C23H36N4O3.HI/c1-2-24-23(26-13-6-15-29-17-19-11-16-30-18-19)25-12-5-9-22(28)27-14-10-20-7-3-4-8-21(20)27;/h3-4,7-8,19H,2,5-6,9-18H2,1H3,(H2,24,25,26);1H. The summed E-state index contributed by atoms with van der Waals surface area (Å²) in [6, 6.07) is 8.18. The fourth-order valence-electron chi connectivity index (χ4n) is 3.84. The number of hydrogen-bond donors (Lipinski definition) is 2. The maximum atomic E-state index is 12.6. The molecule has 2 N–H and O–H groups in total. The van der Waals surface area contributed by atoms with Crippen LogP contribution in [-0.2, 0) is 20.7 Å². The summed E-state index contributed by atoms with van der Waals surface area (Å²) >= 11 is 0. The van der Waals surface area contributed by atoms with E-state index in [1.54, 1.807) is 0 Å². The molecule has 0 radical (unpaired) electrons. The molecule has 0 bridgehead atoms. The molecule has 1 aromatic rings. The molecule has 1 atom stereocenters. The van der Waals surface area contributed by atoms with Crippen molar-refractivity contribution in [1.82, 2.24) is 10.6 Å². The van der Waals surface area contributed by atoms with Crippen LogP contribution in [0.1, 0.15) is 38.2 Å². The molecule has 1 fully saturated rings. The van der Waals surface area contributed by atoms with Gasteiger partial charge >= 0.3 is 0 Å². The minimum atomic E-state index is 0. The fourth-order valence-corrected chi connectivity index (χ4v) is 3.84. The maximum Gasteiger partial charge on any atom is 0.227 e. The van der Waals surface area contributed by atoms with Crippen LogP contribution < -0.4 is 15.5 Å². The smallest absolute Gasteiger partial charge is 0.227 e. The third-order valence-corrected chi connectivity index (χ3v) is 5.49. The molecule has 0 aliphatic carbocycles. The summed E-state index contributed by atoms with van der Waals surface area (Å²) in [4.78, 5) is 19.1. The average molecular weight is 544 g/mol. The quantitative estimate of drug-likeness (QED) is 0.194. The molecular weight excluding hydrogens is 507 g/mol. The number of rotatable bonds is 11. The molecule has 174 valence electrons. The summed E-state index contributed by atoms with van der Waals surface area (Å²) in [7, 11) is 0. The topological polar surface area (TPSA) is 75.2 Å². The Morgan fingerprint density at radius 2 is 2.16 bits per heavy atom. The van der Waals surface area contributed by atoms with E-state index in [2.05, 4.69) is 28.6 Å². The number of ether oxygens (including phenoxy) is 2. The van der Waals surface area contributed by atoms with E-state index in [1.165, 1.54) is 5.56 Å². The van der Waals surface area contributed by atoms with Gasteiger partial charge < -0.3 is 25.0 Å². The second kappa shape index (κ2) is 14.6. The molecule has 7 nitrogen and oxygen atoms in total. The molecule has 2 heterocycles. The lowest BCUT2D eigenvalue weighted by Crippen LogP contribution is -2.38. The summed E-state index contributed by atoms with van der Waals surface area (Å²) in [5, 5.41) is 6.60. The second-order valence-electron chi connectivity index (χ2n) is 7.87. The van der Waals surface area contributed by atoms with E-state index in [-0.39, 0.29) is 29.9 Å². The predicted octanol–water partition coefficient (Wildman–Crippen LogP) is 2.97. The Labute approximate surface area is 203 Å². The molecule has 1 amide bonds. The lowest BCUT2D eigenvalue weighted by Gasteiger charge is -2.17. The monoisotopic (exact) mass is 544 g/mol. The van der Waals surface area contributed by atoms with Crippen LogP contribution in [-0.4, -0.2) is 64.5 Å². The molecule has 3 rings (SSSR count). The van der Waals surface area contributed by atoms with Crippen LogP contribution in [0.25, 0.3) is 0 Å². The van der Waals surface area contributed by atoms with Crippen molar-refractivity contribution in [2.24, 2.45) is 10.9 Å². The Bertz CT molecular complexity index is 695. The van der Waals surface area contributed by atoms with Gasteiger partial charge in [0.1, 0.15) is 0 Å². The molecule has 1 saturated heterocycles. The number of benzene rings is 1. The van der Waals surface area contributed by atoms with Crippen molar-refractivity contribution in [3.63, 3.8) is 0 Å². The van der Waals surface area contributed by atoms with Crippen molar-refractivity contribution < 1.29 is 14.3 Å². The van der Waals surface area contributed by atoms with Crippen molar-refractivity contribution in [2.45, 2.75) is 39.0 Å². The zero-order valence-corrected chi connectivity index (χ0v) is 20.9. The summed E-state index contributed by atoms with van der Waals surface area (Å²) in [6.07, 6.45) is 4.27. The summed E-state index contributed by atoms with van der Waals surface area (Å²) in [5.74, 6) is 1.56. The Hall–Kier alpha value is -1.39. The number of halogens is 1. The van der Waals surface area contributed by atoms with Crippen LogP contribution in [0.5, 0.6) is 0 Å². The number of para-hydroxylation sites is 1. The summed E-state index contributed by atoms with van der Waals surface area (Å²) in [6.45, 7) is 8.36. The van der Waals surface area contributed by atoms with Crippen LogP contribution in [0.2, 0.25) is 0 Å². The van der Waals surface area contributed by atoms with E-state index in [0.29, 0.717) is 18.9 Å². The number of anilines is 1. The third-order valence-electron chi connectivity index (χ3n) is 5.49. The van der Waals surface area contributed by atoms with Crippen molar-refractivity contribution >= 4 is 41.5 Å². The van der Waals surface area contributed by atoms with Gasteiger partial charge in [-0.3, -0.25) is 9.79 Å². The zero-order chi connectivity index (χ0) is 21.0. The van der Waals surface area contributed by atoms with Crippen molar-refractivity contribution in [3.05, 3.63) is 29.8 Å². The van der Waals surface area contributed by atoms with E-state index < -0.39 is 0 Å². The highest BCUT2D eigenvalue weighted by atomic mass is 127. The number of fused-ring (bicyclic) bond motifs is 1. The van der Waals surface area contributed by atoms with Crippen LogP contribution in [0, 0.1) is 5.92 Å². The van der Waals surface area contributed by atoms with Gasteiger partial charge in [0.05, 0.1) is 13.2 Å². The van der Waals surface area contributed by atoms with Gasteiger partial charge in [-0.05, 0) is 44.2 Å². The molecule has 1 aromatic carbocycles. The first-order valence-electron chi connectivity index (χ1n) is 11.3. The number of nitrogens with one attached hydrogen (secondary N) is 2. The number of carbonyl (C=O) groups is 1. The van der Waals surface area contributed by atoms with Gasteiger partial charge in [-0.1, -0.05) is 18.2 Å². The van der Waals surface area contributed by atoms with Gasteiger partial charge in [-0.15, -0.1) is 24.0 Å². The zero-order valence-electron chi connectivity index (χ0n) is 18.6. The average Bonchev–Trinajstić information content (AvgIpc) is 3.43. The lowest BCUT2D eigenvalue weighted by atomic mass is 10.1.